The third-order valence-electron chi connectivity index (χ3n) is 12.0. The lowest BCUT2D eigenvalue weighted by molar-refractivity contribution is -0.349. The van der Waals surface area contributed by atoms with Crippen molar-refractivity contribution in [1.29, 1.82) is 0 Å². The Morgan fingerprint density at radius 2 is 1.73 bits per heavy atom. The van der Waals surface area contributed by atoms with Crippen molar-refractivity contribution in [3.63, 3.8) is 0 Å². The van der Waals surface area contributed by atoms with Gasteiger partial charge in [-0.25, -0.2) is 18.6 Å². The third kappa shape index (κ3) is 7.92. The Balaban J connectivity index is 1.24. The molecule has 4 aliphatic rings. The normalized spacial score (nSPS) is 20.2. The first kappa shape index (κ1) is 43.9. The maximum atomic E-state index is 17.6. The number of halogens is 3. The molecule has 4 saturated heterocycles. The van der Waals surface area contributed by atoms with Crippen LogP contribution in [0, 0.1) is 29.9 Å². The smallest absolute Gasteiger partial charge is 0.413 e. The molecule has 3 unspecified atom stereocenters. The number of piperazine rings is 1. The average molecular weight is 901 g/mol. The molecule has 3 atom stereocenters. The van der Waals surface area contributed by atoms with Gasteiger partial charge in [-0.2, -0.15) is 9.97 Å². The van der Waals surface area contributed by atoms with Crippen LogP contribution in [0.1, 0.15) is 64.9 Å². The Hall–Kier alpha value is -4.77. The molecule has 8 rings (SSSR count). The van der Waals surface area contributed by atoms with Crippen LogP contribution in [0.15, 0.2) is 24.3 Å². The van der Waals surface area contributed by atoms with Crippen LogP contribution in [0.25, 0.3) is 32.9 Å². The van der Waals surface area contributed by atoms with Crippen molar-refractivity contribution in [2.45, 2.75) is 89.2 Å². The van der Waals surface area contributed by atoms with Crippen molar-refractivity contribution in [3.05, 3.63) is 46.6 Å². The second-order valence-electron chi connectivity index (χ2n) is 16.1. The molecule has 21 heteroatoms. The van der Waals surface area contributed by atoms with Gasteiger partial charge in [-0.15, -0.1) is 6.42 Å². The molecule has 330 valence electrons. The number of ether oxygens (including phenoxy) is 4. The molecule has 2 aromatic carbocycles. The van der Waals surface area contributed by atoms with Crippen molar-refractivity contribution in [2.24, 2.45) is 5.92 Å². The highest BCUT2D eigenvalue weighted by molar-refractivity contribution is 7.39. The van der Waals surface area contributed by atoms with Gasteiger partial charge in [-0.1, -0.05) is 37.4 Å². The first-order valence-corrected chi connectivity index (χ1v) is 21.6. The van der Waals surface area contributed by atoms with Crippen LogP contribution in [0.4, 0.5) is 19.4 Å². The number of benzene rings is 2. The van der Waals surface area contributed by atoms with Gasteiger partial charge in [-0.3, -0.25) is 19.1 Å². The highest BCUT2D eigenvalue weighted by Gasteiger charge is 2.60. The number of rotatable bonds is 12. The van der Waals surface area contributed by atoms with Crippen molar-refractivity contribution in [1.82, 2.24) is 24.8 Å². The van der Waals surface area contributed by atoms with E-state index in [0.29, 0.717) is 57.0 Å². The summed E-state index contributed by atoms with van der Waals surface area (Å²) in [6.07, 6.45) is 7.26. The predicted octanol–water partition coefficient (Wildman–Crippen LogP) is 5.30. The van der Waals surface area contributed by atoms with E-state index in [1.54, 1.807) is 23.6 Å². The maximum Gasteiger partial charge on any atom is 0.413 e. The summed E-state index contributed by atoms with van der Waals surface area (Å²) in [4.78, 5) is 62.9. The lowest BCUT2D eigenvalue weighted by atomic mass is 9.91. The van der Waals surface area contributed by atoms with Crippen LogP contribution >= 0.6 is 20.2 Å². The number of fused-ring (bicyclic) bond motifs is 5. The number of anilines is 1. The molecule has 4 N–H and O–H groups in total. The summed E-state index contributed by atoms with van der Waals surface area (Å²) in [5, 5.41) is 23.4. The van der Waals surface area contributed by atoms with Gasteiger partial charge in [0, 0.05) is 31.0 Å². The molecule has 0 aliphatic carbocycles. The zero-order valence-electron chi connectivity index (χ0n) is 33.9. The van der Waals surface area contributed by atoms with Crippen molar-refractivity contribution < 1.29 is 61.8 Å². The number of hydrogen-bond acceptors (Lipinski definition) is 16. The van der Waals surface area contributed by atoms with E-state index in [0.717, 1.165) is 6.07 Å². The largest absolute Gasteiger partial charge is 0.467 e. The van der Waals surface area contributed by atoms with Gasteiger partial charge in [0.05, 0.1) is 29.0 Å². The van der Waals surface area contributed by atoms with Gasteiger partial charge in [0.15, 0.2) is 12.6 Å². The molecule has 0 spiro atoms. The Morgan fingerprint density at radius 3 is 2.37 bits per heavy atom. The Kier molecular flexibility index (Phi) is 12.1. The zero-order valence-corrected chi connectivity index (χ0v) is 35.5. The van der Waals surface area contributed by atoms with E-state index >= 15 is 8.78 Å². The number of carbonyl (C=O) groups excluding carboxylic acids is 2. The molecule has 4 aliphatic heterocycles. The molecular weight excluding hydrogens is 857 g/mol. The summed E-state index contributed by atoms with van der Waals surface area (Å²) in [5.41, 5.74) is -2.36. The fourth-order valence-corrected chi connectivity index (χ4v) is 9.68. The number of aliphatic hydroxyl groups is 2. The molecule has 62 heavy (non-hydrogen) atoms. The molecule has 4 fully saturated rings. The number of aromatic nitrogens is 3. The number of nitrogens with zero attached hydrogens (tertiary/aromatic N) is 6. The minimum absolute atomic E-state index is 0.0269. The zero-order chi connectivity index (χ0) is 44.2. The molecule has 0 saturated carbocycles. The van der Waals surface area contributed by atoms with E-state index in [4.69, 9.17) is 41.5 Å². The molecule has 1 amide bonds. The van der Waals surface area contributed by atoms with E-state index in [1.807, 2.05) is 4.90 Å². The molecule has 0 radical (unpaired) electrons. The summed E-state index contributed by atoms with van der Waals surface area (Å²) in [6.45, 7) is 5.68. The van der Waals surface area contributed by atoms with Crippen LogP contribution in [0.2, 0.25) is 5.15 Å². The van der Waals surface area contributed by atoms with Gasteiger partial charge in [-0.05, 0) is 75.2 Å². The van der Waals surface area contributed by atoms with E-state index in [2.05, 4.69) is 20.9 Å². The molecular formula is C41H44ClF2N6O11P. The monoisotopic (exact) mass is 900 g/mol. The topological polar surface area (TPSA) is 210 Å². The summed E-state index contributed by atoms with van der Waals surface area (Å²) in [6, 6.07) is 3.81. The summed E-state index contributed by atoms with van der Waals surface area (Å²) in [7, 11) is -2.77. The van der Waals surface area contributed by atoms with Crippen LogP contribution in [0.5, 0.6) is 11.8 Å². The Bertz CT molecular complexity index is 2450. The number of esters is 1. The maximum absolute atomic E-state index is 17.6. The van der Waals surface area contributed by atoms with Crippen LogP contribution in [-0.2, 0) is 18.8 Å². The van der Waals surface area contributed by atoms with Crippen LogP contribution in [-0.4, -0.2) is 120 Å². The van der Waals surface area contributed by atoms with Crippen molar-refractivity contribution in [2.75, 3.05) is 37.9 Å². The summed E-state index contributed by atoms with van der Waals surface area (Å²) >= 11 is 7.00. The first-order chi connectivity index (χ1) is 29.5. The Morgan fingerprint density at radius 1 is 1.03 bits per heavy atom. The standard InChI is InChI=1S/C41H44ClF2N6O11P/c1-5-27-29(43)11-8-23-16-26(57-20-58-62(55)56)17-28(30(23)27)33-32(44)34-31(35(42)45-33)36(47-38(46-34)61-41(53,54)40-12-6-14-49(40)15-7-13-40)48-18-24-9-10-25(19-48)50(24)39(52)60-22(4)59-37(51)21(2)3/h1,8,11,16-17,21-22,24-25,53-56H,6-7,9-10,12-15,18-20H2,2-4H3. The van der Waals surface area contributed by atoms with Crippen molar-refractivity contribution in [3.8, 4) is 35.4 Å². The summed E-state index contributed by atoms with van der Waals surface area (Å²) in [5.74, 6) is -3.26. The lowest BCUT2D eigenvalue weighted by Crippen LogP contribution is -2.62. The minimum Gasteiger partial charge on any atom is -0.467 e. The van der Waals surface area contributed by atoms with Crippen LogP contribution in [0.3, 0.4) is 0 Å². The number of terminal acetylenes is 1. The number of carbonyl (C=O) groups is 2. The van der Waals surface area contributed by atoms with Crippen LogP contribution < -0.4 is 14.4 Å². The quantitative estimate of drug-likeness (QED) is 0.0467. The molecule has 2 aromatic heterocycles. The predicted molar refractivity (Wildman–Crippen MR) is 219 cm³/mol. The molecule has 2 bridgehead atoms. The second kappa shape index (κ2) is 17.1. The van der Waals surface area contributed by atoms with E-state index in [1.165, 1.54) is 25.1 Å². The SMILES string of the molecule is C#Cc1c(F)ccc2cc(OCOP(O)O)cc(-c3nc(Cl)c4c(N5CC6CCC(C5)N6C(=O)OC(C)OC(=O)C(C)C)nc(OC(O)(O)C56CCCN5CCC6)nc4c3F)c12. The van der Waals surface area contributed by atoms with E-state index in [9.17, 15) is 29.6 Å². The van der Waals surface area contributed by atoms with Gasteiger partial charge in [0.1, 0.15) is 39.3 Å². The highest BCUT2D eigenvalue weighted by Crippen LogP contribution is 2.47. The third-order valence-corrected chi connectivity index (χ3v) is 12.6. The number of hydrogen-bond donors (Lipinski definition) is 4. The van der Waals surface area contributed by atoms with Gasteiger partial charge >= 0.3 is 32.6 Å². The van der Waals surface area contributed by atoms with Crippen molar-refractivity contribution >= 4 is 59.8 Å². The average Bonchev–Trinajstić information content (AvgIpc) is 3.90. The second-order valence-corrected chi connectivity index (χ2v) is 17.2. The van der Waals surface area contributed by atoms with E-state index in [-0.39, 0.29) is 51.7 Å². The Labute approximate surface area is 360 Å². The molecule has 4 aromatic rings. The first-order valence-electron chi connectivity index (χ1n) is 20.1. The molecule has 17 nitrogen and oxygen atoms in total. The van der Waals surface area contributed by atoms with E-state index < -0.39 is 92.1 Å². The fraction of sp³-hybridized carbons (Fsp3) is 0.488. The highest BCUT2D eigenvalue weighted by atomic mass is 35.5. The number of pyridine rings is 1. The van der Waals surface area contributed by atoms with Gasteiger partial charge in [0.2, 0.25) is 6.29 Å². The van der Waals surface area contributed by atoms with Gasteiger partial charge < -0.3 is 43.8 Å². The summed E-state index contributed by atoms with van der Waals surface area (Å²) < 4.78 is 59.8. The number of amides is 1. The van der Waals surface area contributed by atoms with Gasteiger partial charge in [0.25, 0.3) is 0 Å². The lowest BCUT2D eigenvalue weighted by Gasteiger charge is -2.42. The minimum atomic E-state index is -2.81. The molecule has 6 heterocycles. The fourth-order valence-electron chi connectivity index (χ4n) is 9.27.